The third-order valence-electron chi connectivity index (χ3n) is 4.73. The summed E-state index contributed by atoms with van der Waals surface area (Å²) >= 11 is 0. The van der Waals surface area contributed by atoms with E-state index in [1.54, 1.807) is 12.4 Å². The van der Waals surface area contributed by atoms with Crippen LogP contribution < -0.4 is 15.8 Å². The number of ether oxygens (including phenoxy) is 1. The van der Waals surface area contributed by atoms with E-state index in [4.69, 9.17) is 10.5 Å². The first-order valence-corrected chi connectivity index (χ1v) is 9.21. The molecule has 0 amide bonds. The monoisotopic (exact) mass is 382 g/mol. The topological polar surface area (TPSA) is 101 Å². The van der Waals surface area contributed by atoms with Crippen LogP contribution in [0.25, 0.3) is 22.0 Å². The highest BCUT2D eigenvalue weighted by atomic mass is 16.5. The normalized spacial score (nSPS) is 13.2. The van der Waals surface area contributed by atoms with E-state index < -0.39 is 0 Å². The Balaban J connectivity index is 1.53. The Morgan fingerprint density at radius 2 is 1.76 bits per heavy atom. The molecule has 4 N–H and O–H groups in total. The number of hydrogen-bond acceptors (Lipinski definition) is 6. The number of nitrogens with two attached hydrogens (primary N) is 1. The van der Waals surface area contributed by atoms with E-state index in [1.807, 2.05) is 60.8 Å². The van der Waals surface area contributed by atoms with Crippen LogP contribution in [0.15, 0.2) is 78.2 Å². The van der Waals surface area contributed by atoms with Gasteiger partial charge in [0.05, 0.1) is 23.2 Å². The molecule has 1 aliphatic rings. The van der Waals surface area contributed by atoms with Crippen molar-refractivity contribution in [2.75, 3.05) is 12.3 Å². The van der Waals surface area contributed by atoms with E-state index in [0.29, 0.717) is 12.4 Å². The van der Waals surface area contributed by atoms with Gasteiger partial charge in [-0.2, -0.15) is 5.10 Å². The summed E-state index contributed by atoms with van der Waals surface area (Å²) in [6.45, 7) is 0.600. The van der Waals surface area contributed by atoms with Crippen molar-refractivity contribution in [1.29, 1.82) is 0 Å². The van der Waals surface area contributed by atoms with Crippen LogP contribution in [-0.4, -0.2) is 27.4 Å². The number of hydrogen-bond donors (Lipinski definition) is 3. The molecule has 4 aromatic rings. The Morgan fingerprint density at radius 1 is 0.966 bits per heavy atom. The molecule has 0 bridgehead atoms. The number of H-pyrrole nitrogens is 1. The molecule has 7 nitrogen and oxygen atoms in total. The third kappa shape index (κ3) is 3.19. The number of aromatic amines is 1. The molecular weight excluding hydrogens is 364 g/mol. The Morgan fingerprint density at radius 3 is 2.52 bits per heavy atom. The number of anilines is 1. The van der Waals surface area contributed by atoms with Crippen molar-refractivity contribution in [3.63, 3.8) is 0 Å². The van der Waals surface area contributed by atoms with Crippen LogP contribution >= 0.6 is 0 Å². The predicted octanol–water partition coefficient (Wildman–Crippen LogP) is 3.86. The number of nitrogens with zero attached hydrogens (tertiary/aromatic N) is 3. The van der Waals surface area contributed by atoms with E-state index in [2.05, 4.69) is 25.5 Å². The number of nitrogens with one attached hydrogen (secondary N) is 2. The molecule has 29 heavy (non-hydrogen) atoms. The second kappa shape index (κ2) is 7.12. The van der Waals surface area contributed by atoms with Gasteiger partial charge in [0.2, 0.25) is 0 Å². The van der Waals surface area contributed by atoms with Crippen LogP contribution in [0.5, 0.6) is 11.5 Å². The molecule has 2 aromatic heterocycles. The fourth-order valence-electron chi connectivity index (χ4n) is 3.35. The molecule has 3 heterocycles. The molecule has 0 atom stereocenters. The number of aromatic nitrogens is 3. The Hall–Kier alpha value is -4.13. The van der Waals surface area contributed by atoms with Crippen molar-refractivity contribution < 1.29 is 4.74 Å². The second-order valence-corrected chi connectivity index (χ2v) is 6.59. The van der Waals surface area contributed by atoms with E-state index in [1.165, 1.54) is 0 Å². The molecule has 142 valence electrons. The number of fused-ring (bicyclic) bond motifs is 1. The lowest BCUT2D eigenvalue weighted by Crippen LogP contribution is -2.22. The minimum absolute atomic E-state index is 0.433. The first-order chi connectivity index (χ1) is 14.3. The number of aliphatic imine (C=N–C) groups is 1. The van der Waals surface area contributed by atoms with Gasteiger partial charge >= 0.3 is 0 Å². The maximum atomic E-state index is 6.18. The lowest BCUT2D eigenvalue weighted by molar-refractivity contribution is 0.483. The van der Waals surface area contributed by atoms with Gasteiger partial charge in [0, 0.05) is 24.2 Å². The highest BCUT2D eigenvalue weighted by molar-refractivity contribution is 6.14. The van der Waals surface area contributed by atoms with Gasteiger partial charge in [0.15, 0.2) is 5.82 Å². The van der Waals surface area contributed by atoms with Crippen molar-refractivity contribution >= 4 is 22.4 Å². The van der Waals surface area contributed by atoms with Crippen LogP contribution in [0, 0.1) is 0 Å². The summed E-state index contributed by atoms with van der Waals surface area (Å²) in [5.41, 5.74) is 10.4. The molecule has 7 heteroatoms. The average molecular weight is 382 g/mol. The van der Waals surface area contributed by atoms with Crippen LogP contribution in [0.1, 0.15) is 5.69 Å². The van der Waals surface area contributed by atoms with Crippen LogP contribution in [0.3, 0.4) is 0 Å². The number of para-hydroxylation sites is 1. The number of rotatable bonds is 4. The number of benzene rings is 2. The summed E-state index contributed by atoms with van der Waals surface area (Å²) in [5, 5.41) is 11.2. The molecule has 0 saturated carbocycles. The van der Waals surface area contributed by atoms with Gasteiger partial charge in [0.1, 0.15) is 17.2 Å². The first-order valence-electron chi connectivity index (χ1n) is 9.21. The lowest BCUT2D eigenvalue weighted by Gasteiger charge is -2.12. The Kier molecular flexibility index (Phi) is 4.18. The van der Waals surface area contributed by atoms with Crippen LogP contribution in [-0.2, 0) is 0 Å². The summed E-state index contributed by atoms with van der Waals surface area (Å²) < 4.78 is 5.88. The van der Waals surface area contributed by atoms with Crippen molar-refractivity contribution in [2.45, 2.75) is 0 Å². The summed E-state index contributed by atoms with van der Waals surface area (Å²) in [5.74, 6) is 1.99. The largest absolute Gasteiger partial charge is 0.457 e. The molecule has 0 radical (unpaired) electrons. The highest BCUT2D eigenvalue weighted by Crippen LogP contribution is 2.33. The number of nitrogen functional groups attached to an aromatic ring is 1. The molecule has 2 aromatic carbocycles. The summed E-state index contributed by atoms with van der Waals surface area (Å²) in [6.07, 6.45) is 5.33. The van der Waals surface area contributed by atoms with Crippen molar-refractivity contribution in [3.05, 3.63) is 78.9 Å². The smallest absolute Gasteiger partial charge is 0.153 e. The minimum atomic E-state index is 0.433. The summed E-state index contributed by atoms with van der Waals surface area (Å²) in [7, 11) is 0. The molecule has 5 rings (SSSR count). The fourth-order valence-corrected chi connectivity index (χ4v) is 3.35. The zero-order valence-electron chi connectivity index (χ0n) is 15.5. The predicted molar refractivity (Wildman–Crippen MR) is 114 cm³/mol. The molecular formula is C22H18N6O. The van der Waals surface area contributed by atoms with Gasteiger partial charge < -0.3 is 15.8 Å². The summed E-state index contributed by atoms with van der Waals surface area (Å²) in [4.78, 5) is 9.07. The second-order valence-electron chi connectivity index (χ2n) is 6.59. The Bertz CT molecular complexity index is 1230. The van der Waals surface area contributed by atoms with Gasteiger partial charge in [-0.15, -0.1) is 0 Å². The van der Waals surface area contributed by atoms with E-state index in [0.717, 1.165) is 44.9 Å². The fraction of sp³-hybridized carbons (Fsp3) is 0.0455. The zero-order chi connectivity index (χ0) is 19.6. The first kappa shape index (κ1) is 17.0. The maximum absolute atomic E-state index is 6.18. The number of pyridine rings is 1. The van der Waals surface area contributed by atoms with E-state index in [9.17, 15) is 0 Å². The quantitative estimate of drug-likeness (QED) is 0.497. The van der Waals surface area contributed by atoms with Crippen LogP contribution in [0.4, 0.5) is 5.82 Å². The molecule has 0 fully saturated rings. The van der Waals surface area contributed by atoms with Gasteiger partial charge in [-0.1, -0.05) is 30.3 Å². The van der Waals surface area contributed by atoms with Gasteiger partial charge in [-0.25, -0.2) is 0 Å². The van der Waals surface area contributed by atoms with Crippen molar-refractivity contribution in [3.8, 4) is 22.6 Å². The Labute approximate surface area is 167 Å². The van der Waals surface area contributed by atoms with E-state index in [-0.39, 0.29) is 0 Å². The molecule has 0 aliphatic carbocycles. The third-order valence-corrected chi connectivity index (χ3v) is 4.73. The standard InChI is InChI=1S/C22H18N6O/c23-22-19-17(12-26-20(21(19)27-28-22)18-13-24-10-11-25-18)14-6-8-16(9-7-14)29-15-4-2-1-3-5-15/h1-12,24H,13H2,(H3,23,27,28). The molecule has 1 aliphatic heterocycles. The van der Waals surface area contributed by atoms with Crippen LogP contribution in [0.2, 0.25) is 0 Å². The average Bonchev–Trinajstić information content (AvgIpc) is 3.17. The SMILES string of the molecule is Nc1n[nH]c2c(C3=NC=CNC3)ncc(-c3ccc(Oc4ccccc4)cc3)c12. The summed E-state index contributed by atoms with van der Waals surface area (Å²) in [6, 6.07) is 17.5. The van der Waals surface area contributed by atoms with Crippen molar-refractivity contribution in [2.24, 2.45) is 4.99 Å². The highest BCUT2D eigenvalue weighted by Gasteiger charge is 2.18. The van der Waals surface area contributed by atoms with Gasteiger partial charge in [-0.3, -0.25) is 15.1 Å². The van der Waals surface area contributed by atoms with Crippen molar-refractivity contribution in [1.82, 2.24) is 20.5 Å². The minimum Gasteiger partial charge on any atom is -0.457 e. The lowest BCUT2D eigenvalue weighted by atomic mass is 10.0. The maximum Gasteiger partial charge on any atom is 0.153 e. The van der Waals surface area contributed by atoms with Gasteiger partial charge in [0.25, 0.3) is 0 Å². The zero-order valence-corrected chi connectivity index (χ0v) is 15.5. The molecule has 0 spiro atoms. The molecule has 0 saturated heterocycles. The van der Waals surface area contributed by atoms with Gasteiger partial charge in [-0.05, 0) is 29.8 Å². The molecule has 0 unspecified atom stereocenters. The van der Waals surface area contributed by atoms with E-state index >= 15 is 0 Å².